The summed E-state index contributed by atoms with van der Waals surface area (Å²) in [5, 5.41) is 9.11. The average Bonchev–Trinajstić information content (AvgIpc) is 2.48. The average molecular weight is 252 g/mol. The molecule has 0 aliphatic heterocycles. The lowest BCUT2D eigenvalue weighted by molar-refractivity contribution is 0.414. The molecule has 0 aromatic heterocycles. The van der Waals surface area contributed by atoms with Crippen LogP contribution in [0.4, 0.5) is 5.69 Å². The molecule has 96 valence electrons. The van der Waals surface area contributed by atoms with Gasteiger partial charge in [-0.2, -0.15) is 5.26 Å². The molecular weight excluding hydrogens is 236 g/mol. The largest absolute Gasteiger partial charge is 0.497 e. The predicted octanol–water partition coefficient (Wildman–Crippen LogP) is 3.20. The zero-order valence-corrected chi connectivity index (χ0v) is 11.1. The van der Waals surface area contributed by atoms with E-state index in [0.717, 1.165) is 18.0 Å². The van der Waals surface area contributed by atoms with Gasteiger partial charge in [-0.05, 0) is 29.8 Å². The molecule has 0 N–H and O–H groups in total. The van der Waals surface area contributed by atoms with Gasteiger partial charge in [0.15, 0.2) is 0 Å². The lowest BCUT2D eigenvalue weighted by atomic mass is 10.1. The Labute approximate surface area is 113 Å². The summed E-state index contributed by atoms with van der Waals surface area (Å²) in [6, 6.07) is 17.8. The molecule has 0 fully saturated rings. The van der Waals surface area contributed by atoms with E-state index >= 15 is 0 Å². The second kappa shape index (κ2) is 5.92. The first-order valence-corrected chi connectivity index (χ1v) is 6.08. The molecule has 0 saturated carbocycles. The topological polar surface area (TPSA) is 36.3 Å². The van der Waals surface area contributed by atoms with Crippen molar-refractivity contribution in [3.8, 4) is 11.8 Å². The van der Waals surface area contributed by atoms with Crippen molar-refractivity contribution in [3.63, 3.8) is 0 Å². The van der Waals surface area contributed by atoms with Gasteiger partial charge in [-0.25, -0.2) is 0 Å². The van der Waals surface area contributed by atoms with E-state index in [1.165, 1.54) is 5.56 Å². The summed E-state index contributed by atoms with van der Waals surface area (Å²) in [7, 11) is 3.64. The maximum Gasteiger partial charge on any atom is 0.118 e. The van der Waals surface area contributed by atoms with Crippen LogP contribution in [-0.4, -0.2) is 14.2 Å². The van der Waals surface area contributed by atoms with Gasteiger partial charge in [-0.3, -0.25) is 0 Å². The molecule has 0 amide bonds. The van der Waals surface area contributed by atoms with Crippen molar-refractivity contribution < 1.29 is 4.74 Å². The number of nitriles is 1. The van der Waals surface area contributed by atoms with E-state index in [2.05, 4.69) is 11.0 Å². The van der Waals surface area contributed by atoms with Crippen molar-refractivity contribution in [1.29, 1.82) is 5.26 Å². The standard InChI is InChI=1S/C16H16N2O/c1-18(16-6-4-3-5-14(16)11-17)12-13-7-9-15(19-2)10-8-13/h3-10H,12H2,1-2H3. The number of nitrogens with zero attached hydrogens (tertiary/aromatic N) is 2. The fraction of sp³-hybridized carbons (Fsp3) is 0.188. The van der Waals surface area contributed by atoms with Crippen LogP contribution in [0.2, 0.25) is 0 Å². The van der Waals surface area contributed by atoms with Gasteiger partial charge in [0.2, 0.25) is 0 Å². The molecule has 2 aromatic carbocycles. The number of rotatable bonds is 4. The quantitative estimate of drug-likeness (QED) is 0.838. The number of hydrogen-bond acceptors (Lipinski definition) is 3. The van der Waals surface area contributed by atoms with Gasteiger partial charge in [-0.15, -0.1) is 0 Å². The maximum atomic E-state index is 9.11. The number of hydrogen-bond donors (Lipinski definition) is 0. The summed E-state index contributed by atoms with van der Waals surface area (Å²) in [5.41, 5.74) is 2.82. The Kier molecular flexibility index (Phi) is 4.04. The Bertz CT molecular complexity index is 584. The van der Waals surface area contributed by atoms with Crippen LogP contribution >= 0.6 is 0 Å². The van der Waals surface area contributed by atoms with Crippen LogP contribution in [0, 0.1) is 11.3 Å². The molecule has 0 aliphatic rings. The smallest absolute Gasteiger partial charge is 0.118 e. The fourth-order valence-corrected chi connectivity index (χ4v) is 1.99. The summed E-state index contributed by atoms with van der Waals surface area (Å²) in [6.07, 6.45) is 0. The van der Waals surface area contributed by atoms with Crippen molar-refractivity contribution in [1.82, 2.24) is 0 Å². The minimum Gasteiger partial charge on any atom is -0.497 e. The number of benzene rings is 2. The van der Waals surface area contributed by atoms with E-state index in [1.807, 2.05) is 55.6 Å². The van der Waals surface area contributed by atoms with Gasteiger partial charge in [0.05, 0.1) is 18.4 Å². The van der Waals surface area contributed by atoms with Crippen molar-refractivity contribution in [2.75, 3.05) is 19.1 Å². The highest BCUT2D eigenvalue weighted by Crippen LogP contribution is 2.21. The fourth-order valence-electron chi connectivity index (χ4n) is 1.99. The Morgan fingerprint density at radius 3 is 2.42 bits per heavy atom. The monoisotopic (exact) mass is 252 g/mol. The van der Waals surface area contributed by atoms with Gasteiger partial charge in [0.1, 0.15) is 11.8 Å². The van der Waals surface area contributed by atoms with E-state index in [0.29, 0.717) is 5.56 Å². The molecule has 0 atom stereocenters. The second-order valence-electron chi connectivity index (χ2n) is 4.33. The molecule has 3 heteroatoms. The predicted molar refractivity (Wildman–Crippen MR) is 76.3 cm³/mol. The van der Waals surface area contributed by atoms with Crippen molar-refractivity contribution in [3.05, 3.63) is 59.7 Å². The van der Waals surface area contributed by atoms with Gasteiger partial charge in [0.25, 0.3) is 0 Å². The number of methoxy groups -OCH3 is 1. The van der Waals surface area contributed by atoms with Gasteiger partial charge < -0.3 is 9.64 Å². The molecule has 2 aromatic rings. The van der Waals surface area contributed by atoms with E-state index in [1.54, 1.807) is 7.11 Å². The molecule has 0 bridgehead atoms. The Morgan fingerprint density at radius 1 is 1.11 bits per heavy atom. The minimum absolute atomic E-state index is 0.693. The van der Waals surface area contributed by atoms with Crippen LogP contribution in [0.5, 0.6) is 5.75 Å². The Hall–Kier alpha value is -2.47. The SMILES string of the molecule is COc1ccc(CN(C)c2ccccc2C#N)cc1. The summed E-state index contributed by atoms with van der Waals surface area (Å²) in [6.45, 7) is 0.753. The lowest BCUT2D eigenvalue weighted by Crippen LogP contribution is -2.17. The first-order valence-electron chi connectivity index (χ1n) is 6.08. The van der Waals surface area contributed by atoms with Gasteiger partial charge >= 0.3 is 0 Å². The van der Waals surface area contributed by atoms with E-state index < -0.39 is 0 Å². The van der Waals surface area contributed by atoms with E-state index in [9.17, 15) is 0 Å². The zero-order valence-electron chi connectivity index (χ0n) is 11.1. The van der Waals surface area contributed by atoms with Gasteiger partial charge in [0, 0.05) is 13.6 Å². The molecule has 3 nitrogen and oxygen atoms in total. The molecule has 0 spiro atoms. The van der Waals surface area contributed by atoms with Crippen LogP contribution in [-0.2, 0) is 6.54 Å². The molecular formula is C16H16N2O. The third kappa shape index (κ3) is 3.05. The zero-order chi connectivity index (χ0) is 13.7. The highest BCUT2D eigenvalue weighted by Gasteiger charge is 2.07. The molecule has 19 heavy (non-hydrogen) atoms. The van der Waals surface area contributed by atoms with Crippen LogP contribution in [0.15, 0.2) is 48.5 Å². The maximum absolute atomic E-state index is 9.11. The van der Waals surface area contributed by atoms with Crippen LogP contribution in [0.3, 0.4) is 0 Å². The molecule has 0 radical (unpaired) electrons. The summed E-state index contributed by atoms with van der Waals surface area (Å²) in [5.74, 6) is 0.851. The summed E-state index contributed by atoms with van der Waals surface area (Å²) in [4.78, 5) is 2.07. The highest BCUT2D eigenvalue weighted by atomic mass is 16.5. The normalized spacial score (nSPS) is 9.74. The van der Waals surface area contributed by atoms with Crippen LogP contribution in [0.25, 0.3) is 0 Å². The third-order valence-electron chi connectivity index (χ3n) is 3.01. The summed E-state index contributed by atoms with van der Waals surface area (Å²) >= 11 is 0. The summed E-state index contributed by atoms with van der Waals surface area (Å²) < 4.78 is 5.14. The molecule has 0 unspecified atom stereocenters. The van der Waals surface area contributed by atoms with Crippen molar-refractivity contribution >= 4 is 5.69 Å². The Morgan fingerprint density at radius 2 is 1.79 bits per heavy atom. The van der Waals surface area contributed by atoms with Crippen LogP contribution in [0.1, 0.15) is 11.1 Å². The first-order chi connectivity index (χ1) is 9.24. The second-order valence-corrected chi connectivity index (χ2v) is 4.33. The lowest BCUT2D eigenvalue weighted by Gasteiger charge is -2.20. The first kappa shape index (κ1) is 13.0. The third-order valence-corrected chi connectivity index (χ3v) is 3.01. The number of para-hydroxylation sites is 1. The van der Waals surface area contributed by atoms with Crippen molar-refractivity contribution in [2.24, 2.45) is 0 Å². The van der Waals surface area contributed by atoms with Crippen LogP contribution < -0.4 is 9.64 Å². The highest BCUT2D eigenvalue weighted by molar-refractivity contribution is 5.58. The number of anilines is 1. The molecule has 0 aliphatic carbocycles. The van der Waals surface area contributed by atoms with Gasteiger partial charge in [-0.1, -0.05) is 24.3 Å². The molecule has 0 heterocycles. The van der Waals surface area contributed by atoms with Crippen molar-refractivity contribution in [2.45, 2.75) is 6.54 Å². The Balaban J connectivity index is 2.16. The molecule has 2 rings (SSSR count). The minimum atomic E-state index is 0.693. The molecule has 0 saturated heterocycles. The number of ether oxygens (including phenoxy) is 1. The van der Waals surface area contributed by atoms with E-state index in [4.69, 9.17) is 10.00 Å². The van der Waals surface area contributed by atoms with E-state index in [-0.39, 0.29) is 0 Å².